The standard InChI is InChI=1S/C7H14BNO4/c1-9-6-3-2-5(4-7(10)11)13-8(6)12/h5-6,9,12H,2-4H2,1H3,(H,10,11)/t5?,6-/m0/s1. The van der Waals surface area contributed by atoms with Crippen LogP contribution in [0.5, 0.6) is 0 Å². The number of rotatable bonds is 3. The summed E-state index contributed by atoms with van der Waals surface area (Å²) in [6, 6.07) is 0. The van der Waals surface area contributed by atoms with Crippen LogP contribution in [0.1, 0.15) is 19.3 Å². The highest BCUT2D eigenvalue weighted by Gasteiger charge is 2.34. The van der Waals surface area contributed by atoms with E-state index in [2.05, 4.69) is 5.32 Å². The lowest BCUT2D eigenvalue weighted by Crippen LogP contribution is -2.49. The maximum absolute atomic E-state index is 10.3. The van der Waals surface area contributed by atoms with E-state index in [0.29, 0.717) is 6.42 Å². The minimum absolute atomic E-state index is 0.0342. The Morgan fingerprint density at radius 1 is 1.69 bits per heavy atom. The highest BCUT2D eigenvalue weighted by Crippen LogP contribution is 2.17. The molecule has 0 aliphatic carbocycles. The Balaban J connectivity index is 2.36. The van der Waals surface area contributed by atoms with Crippen molar-refractivity contribution in [1.29, 1.82) is 0 Å². The summed E-state index contributed by atoms with van der Waals surface area (Å²) in [5.74, 6) is -0.967. The Morgan fingerprint density at radius 2 is 2.38 bits per heavy atom. The van der Waals surface area contributed by atoms with E-state index >= 15 is 0 Å². The fourth-order valence-electron chi connectivity index (χ4n) is 1.50. The summed E-state index contributed by atoms with van der Waals surface area (Å²) >= 11 is 0. The second-order valence-corrected chi connectivity index (χ2v) is 3.22. The molecule has 0 bridgehead atoms. The molecule has 0 amide bonds. The third kappa shape index (κ3) is 2.98. The average Bonchev–Trinajstić information content (AvgIpc) is 2.03. The molecular weight excluding hydrogens is 173 g/mol. The molecule has 6 heteroatoms. The zero-order valence-electron chi connectivity index (χ0n) is 7.56. The van der Waals surface area contributed by atoms with Gasteiger partial charge in [-0.3, -0.25) is 4.79 Å². The van der Waals surface area contributed by atoms with Gasteiger partial charge in [0.1, 0.15) is 0 Å². The number of hydrogen-bond acceptors (Lipinski definition) is 4. The van der Waals surface area contributed by atoms with E-state index in [0.717, 1.165) is 6.42 Å². The fourth-order valence-corrected chi connectivity index (χ4v) is 1.50. The van der Waals surface area contributed by atoms with Crippen molar-refractivity contribution in [2.75, 3.05) is 7.05 Å². The zero-order chi connectivity index (χ0) is 9.84. The van der Waals surface area contributed by atoms with Crippen molar-refractivity contribution >= 4 is 13.1 Å². The number of hydrogen-bond donors (Lipinski definition) is 3. The van der Waals surface area contributed by atoms with Gasteiger partial charge in [0.05, 0.1) is 12.5 Å². The van der Waals surface area contributed by atoms with E-state index < -0.39 is 13.1 Å². The first-order valence-electron chi connectivity index (χ1n) is 4.36. The minimum Gasteiger partial charge on any atom is -0.481 e. The SMILES string of the molecule is CN[C@H]1CCC(CC(=O)O)OB1O. The van der Waals surface area contributed by atoms with E-state index in [1.54, 1.807) is 7.05 Å². The number of nitrogens with one attached hydrogen (secondary N) is 1. The molecular formula is C7H14BNO4. The van der Waals surface area contributed by atoms with E-state index in [-0.39, 0.29) is 18.5 Å². The van der Waals surface area contributed by atoms with Crippen LogP contribution >= 0.6 is 0 Å². The van der Waals surface area contributed by atoms with Crippen molar-refractivity contribution in [2.24, 2.45) is 0 Å². The normalized spacial score (nSPS) is 28.9. The number of aliphatic carboxylic acids is 1. The van der Waals surface area contributed by atoms with Gasteiger partial charge < -0.3 is 20.1 Å². The average molecular weight is 187 g/mol. The van der Waals surface area contributed by atoms with Crippen molar-refractivity contribution in [1.82, 2.24) is 5.32 Å². The third-order valence-corrected chi connectivity index (χ3v) is 2.25. The molecule has 1 rings (SSSR count). The fraction of sp³-hybridized carbons (Fsp3) is 0.857. The zero-order valence-corrected chi connectivity index (χ0v) is 7.56. The lowest BCUT2D eigenvalue weighted by molar-refractivity contribution is -0.139. The smallest absolute Gasteiger partial charge is 0.472 e. The predicted octanol–water partition coefficient (Wildman–Crippen LogP) is -0.752. The summed E-state index contributed by atoms with van der Waals surface area (Å²) in [7, 11) is 0.859. The molecule has 0 aromatic carbocycles. The van der Waals surface area contributed by atoms with E-state index in [1.807, 2.05) is 0 Å². The van der Waals surface area contributed by atoms with Crippen LogP contribution in [0.15, 0.2) is 0 Å². The van der Waals surface area contributed by atoms with Crippen LogP contribution in [0.25, 0.3) is 0 Å². The molecule has 0 spiro atoms. The van der Waals surface area contributed by atoms with Crippen molar-refractivity contribution < 1.29 is 19.6 Å². The summed E-state index contributed by atoms with van der Waals surface area (Å²) in [5.41, 5.74) is 0. The molecule has 74 valence electrons. The Hall–Kier alpha value is -0.585. The molecule has 0 aromatic heterocycles. The van der Waals surface area contributed by atoms with Crippen LogP contribution in [0.2, 0.25) is 0 Å². The van der Waals surface area contributed by atoms with Crippen LogP contribution in [0.4, 0.5) is 0 Å². The van der Waals surface area contributed by atoms with E-state index in [1.165, 1.54) is 0 Å². The summed E-state index contributed by atoms with van der Waals surface area (Å²) in [6.07, 6.45) is 1.04. The van der Waals surface area contributed by atoms with Crippen LogP contribution in [-0.4, -0.2) is 42.3 Å². The lowest BCUT2D eigenvalue weighted by atomic mass is 9.72. The first kappa shape index (κ1) is 10.5. The van der Waals surface area contributed by atoms with Gasteiger partial charge in [0, 0.05) is 5.94 Å². The molecule has 3 N–H and O–H groups in total. The van der Waals surface area contributed by atoms with Gasteiger partial charge in [-0.2, -0.15) is 0 Å². The third-order valence-electron chi connectivity index (χ3n) is 2.25. The van der Waals surface area contributed by atoms with Gasteiger partial charge in [-0.25, -0.2) is 0 Å². The Bertz CT molecular complexity index is 189. The Morgan fingerprint density at radius 3 is 2.85 bits per heavy atom. The van der Waals surface area contributed by atoms with Gasteiger partial charge in [-0.1, -0.05) is 0 Å². The van der Waals surface area contributed by atoms with Crippen LogP contribution in [0, 0.1) is 0 Å². The van der Waals surface area contributed by atoms with Gasteiger partial charge in [-0.15, -0.1) is 0 Å². The molecule has 1 heterocycles. The predicted molar refractivity (Wildman–Crippen MR) is 47.2 cm³/mol. The van der Waals surface area contributed by atoms with E-state index in [4.69, 9.17) is 9.76 Å². The van der Waals surface area contributed by atoms with Crippen molar-refractivity contribution in [3.8, 4) is 0 Å². The summed E-state index contributed by atoms with van der Waals surface area (Å²) in [4.78, 5) is 10.3. The molecule has 2 atom stereocenters. The molecule has 5 nitrogen and oxygen atoms in total. The maximum Gasteiger partial charge on any atom is 0.472 e. The summed E-state index contributed by atoms with van der Waals surface area (Å²) < 4.78 is 5.11. The van der Waals surface area contributed by atoms with Crippen molar-refractivity contribution in [3.63, 3.8) is 0 Å². The van der Waals surface area contributed by atoms with Gasteiger partial charge in [-0.05, 0) is 19.9 Å². The van der Waals surface area contributed by atoms with Crippen molar-refractivity contribution in [3.05, 3.63) is 0 Å². The first-order chi connectivity index (χ1) is 6.13. The van der Waals surface area contributed by atoms with E-state index in [9.17, 15) is 9.82 Å². The molecule has 1 aliphatic rings. The monoisotopic (exact) mass is 187 g/mol. The largest absolute Gasteiger partial charge is 0.481 e. The minimum atomic E-state index is -0.889. The molecule has 1 fully saturated rings. The highest BCUT2D eigenvalue weighted by molar-refractivity contribution is 6.45. The molecule has 0 radical (unpaired) electrons. The number of carbonyl (C=O) groups is 1. The molecule has 1 unspecified atom stereocenters. The summed E-state index contributed by atoms with van der Waals surface area (Å²) in [6.45, 7) is 0. The van der Waals surface area contributed by atoms with Crippen LogP contribution < -0.4 is 5.32 Å². The van der Waals surface area contributed by atoms with Gasteiger partial charge >= 0.3 is 13.1 Å². The topological polar surface area (TPSA) is 78.8 Å². The highest BCUT2D eigenvalue weighted by atomic mass is 16.5. The second kappa shape index (κ2) is 4.60. The number of carboxylic acid groups (broad SMARTS) is 1. The lowest BCUT2D eigenvalue weighted by Gasteiger charge is -2.29. The van der Waals surface area contributed by atoms with Crippen LogP contribution in [-0.2, 0) is 9.45 Å². The second-order valence-electron chi connectivity index (χ2n) is 3.22. The van der Waals surface area contributed by atoms with Crippen LogP contribution in [0.3, 0.4) is 0 Å². The quantitative estimate of drug-likeness (QED) is 0.506. The molecule has 1 aliphatic heterocycles. The molecule has 13 heavy (non-hydrogen) atoms. The van der Waals surface area contributed by atoms with Gasteiger partial charge in [0.2, 0.25) is 0 Å². The van der Waals surface area contributed by atoms with Gasteiger partial charge in [0.25, 0.3) is 0 Å². The van der Waals surface area contributed by atoms with Gasteiger partial charge in [0.15, 0.2) is 0 Å². The first-order valence-corrected chi connectivity index (χ1v) is 4.36. The Labute approximate surface area is 77.2 Å². The summed E-state index contributed by atoms with van der Waals surface area (Å²) in [5, 5.41) is 20.8. The molecule has 1 saturated heterocycles. The van der Waals surface area contributed by atoms with Crippen molar-refractivity contribution in [2.45, 2.75) is 31.3 Å². The molecule has 0 saturated carbocycles. The Kier molecular flexibility index (Phi) is 3.71. The number of carboxylic acids is 1. The maximum atomic E-state index is 10.3. The molecule has 0 aromatic rings.